The lowest BCUT2D eigenvalue weighted by molar-refractivity contribution is -0.384. The number of amides is 1. The van der Waals surface area contributed by atoms with Crippen LogP contribution in [0.25, 0.3) is 11.0 Å². The highest BCUT2D eigenvalue weighted by Crippen LogP contribution is 2.28. The summed E-state index contributed by atoms with van der Waals surface area (Å²) in [6.45, 7) is 4.81. The number of carbonyl (C=O) groups excluding carboxylic acids is 1. The minimum atomic E-state index is -0.369. The molecular formula is C19H20N6O3. The van der Waals surface area contributed by atoms with Gasteiger partial charge in [0.2, 0.25) is 0 Å². The summed E-state index contributed by atoms with van der Waals surface area (Å²) in [6, 6.07) is 12.1. The van der Waals surface area contributed by atoms with Crippen molar-refractivity contribution >= 4 is 28.3 Å². The van der Waals surface area contributed by atoms with Gasteiger partial charge in [0.25, 0.3) is 11.6 Å². The highest BCUT2D eigenvalue weighted by molar-refractivity contribution is 5.97. The van der Waals surface area contributed by atoms with Crippen molar-refractivity contribution in [3.63, 3.8) is 0 Å². The maximum absolute atomic E-state index is 12.9. The first-order valence-corrected chi connectivity index (χ1v) is 9.19. The van der Waals surface area contributed by atoms with E-state index < -0.39 is 0 Å². The van der Waals surface area contributed by atoms with Crippen molar-refractivity contribution in [3.8, 4) is 0 Å². The molecule has 0 aliphatic carbocycles. The molecule has 2 aromatic carbocycles. The molecule has 9 heteroatoms. The number of rotatable bonds is 4. The molecule has 0 atom stereocenters. The number of para-hydroxylation sites is 2. The molecule has 1 fully saturated rings. The number of fused-ring (bicyclic) bond motifs is 1. The van der Waals surface area contributed by atoms with E-state index in [-0.39, 0.29) is 16.5 Å². The van der Waals surface area contributed by atoms with Gasteiger partial charge in [0.05, 0.1) is 10.4 Å². The Bertz CT molecular complexity index is 1040. The maximum Gasteiger partial charge on any atom is 0.292 e. The Morgan fingerprint density at radius 3 is 2.61 bits per heavy atom. The summed E-state index contributed by atoms with van der Waals surface area (Å²) < 4.78 is 1.79. The van der Waals surface area contributed by atoms with E-state index in [0.29, 0.717) is 42.9 Å². The van der Waals surface area contributed by atoms with Gasteiger partial charge in [-0.05, 0) is 31.2 Å². The molecular weight excluding hydrogens is 360 g/mol. The fraction of sp³-hybridized carbons (Fsp3) is 0.316. The van der Waals surface area contributed by atoms with Crippen molar-refractivity contribution in [2.24, 2.45) is 0 Å². The molecule has 2 heterocycles. The summed E-state index contributed by atoms with van der Waals surface area (Å²) in [4.78, 5) is 27.5. The van der Waals surface area contributed by atoms with Crippen LogP contribution < -0.4 is 4.90 Å². The number of nitrogens with zero attached hydrogens (tertiary/aromatic N) is 6. The SMILES string of the molecule is CCn1nnc2cc(C(=O)N3CCN(c4ccccc4[N+](=O)[O-])CC3)ccc21. The monoisotopic (exact) mass is 380 g/mol. The van der Waals surface area contributed by atoms with Gasteiger partial charge in [0, 0.05) is 44.4 Å². The highest BCUT2D eigenvalue weighted by atomic mass is 16.6. The van der Waals surface area contributed by atoms with Crippen LogP contribution in [0.5, 0.6) is 0 Å². The lowest BCUT2D eigenvalue weighted by Crippen LogP contribution is -2.48. The number of hydrogen-bond donors (Lipinski definition) is 0. The highest BCUT2D eigenvalue weighted by Gasteiger charge is 2.26. The third-order valence-corrected chi connectivity index (χ3v) is 5.05. The predicted molar refractivity (Wildman–Crippen MR) is 104 cm³/mol. The quantitative estimate of drug-likeness (QED) is 0.509. The average Bonchev–Trinajstić information content (AvgIpc) is 3.15. The van der Waals surface area contributed by atoms with Crippen molar-refractivity contribution in [1.29, 1.82) is 0 Å². The smallest absolute Gasteiger partial charge is 0.292 e. The van der Waals surface area contributed by atoms with E-state index in [1.165, 1.54) is 6.07 Å². The number of aryl methyl sites for hydroxylation is 1. The molecule has 0 N–H and O–H groups in total. The molecule has 0 spiro atoms. The van der Waals surface area contributed by atoms with Crippen LogP contribution in [0.3, 0.4) is 0 Å². The van der Waals surface area contributed by atoms with E-state index in [0.717, 1.165) is 12.1 Å². The third kappa shape index (κ3) is 3.15. The lowest BCUT2D eigenvalue weighted by Gasteiger charge is -2.35. The van der Waals surface area contributed by atoms with Gasteiger partial charge in [-0.25, -0.2) is 4.68 Å². The molecule has 1 aliphatic heterocycles. The number of aromatic nitrogens is 3. The molecule has 1 aliphatic rings. The van der Waals surface area contributed by atoms with E-state index in [1.54, 1.807) is 39.9 Å². The molecule has 28 heavy (non-hydrogen) atoms. The Morgan fingerprint density at radius 2 is 1.89 bits per heavy atom. The molecule has 1 amide bonds. The van der Waals surface area contributed by atoms with Gasteiger partial charge in [-0.3, -0.25) is 14.9 Å². The topological polar surface area (TPSA) is 97.4 Å². The summed E-state index contributed by atoms with van der Waals surface area (Å²) in [7, 11) is 0. The summed E-state index contributed by atoms with van der Waals surface area (Å²) in [5.74, 6) is -0.0600. The van der Waals surface area contributed by atoms with Crippen LogP contribution in [0.1, 0.15) is 17.3 Å². The van der Waals surface area contributed by atoms with Crippen LogP contribution in [-0.4, -0.2) is 56.9 Å². The summed E-state index contributed by atoms with van der Waals surface area (Å²) in [5, 5.41) is 19.5. The Morgan fingerprint density at radius 1 is 1.14 bits per heavy atom. The first-order valence-electron chi connectivity index (χ1n) is 9.19. The fourth-order valence-electron chi connectivity index (χ4n) is 3.56. The molecule has 4 rings (SSSR count). The van der Waals surface area contributed by atoms with E-state index in [4.69, 9.17) is 0 Å². The van der Waals surface area contributed by atoms with E-state index >= 15 is 0 Å². The normalized spacial score (nSPS) is 14.5. The molecule has 1 saturated heterocycles. The minimum Gasteiger partial charge on any atom is -0.362 e. The molecule has 3 aromatic rings. The van der Waals surface area contributed by atoms with Crippen molar-refractivity contribution in [1.82, 2.24) is 19.9 Å². The zero-order valence-electron chi connectivity index (χ0n) is 15.5. The van der Waals surface area contributed by atoms with E-state index in [2.05, 4.69) is 10.3 Å². The molecule has 9 nitrogen and oxygen atoms in total. The summed E-state index contributed by atoms with van der Waals surface area (Å²) >= 11 is 0. The fourth-order valence-corrected chi connectivity index (χ4v) is 3.56. The van der Waals surface area contributed by atoms with Crippen LogP contribution in [0.15, 0.2) is 42.5 Å². The Kier molecular flexibility index (Phi) is 4.64. The number of piperazine rings is 1. The van der Waals surface area contributed by atoms with Crippen molar-refractivity contribution in [2.45, 2.75) is 13.5 Å². The Hall–Kier alpha value is -3.49. The predicted octanol–water partition coefficient (Wildman–Crippen LogP) is 2.32. The molecule has 0 unspecified atom stereocenters. The number of anilines is 1. The number of carbonyl (C=O) groups is 1. The molecule has 1 aromatic heterocycles. The van der Waals surface area contributed by atoms with Gasteiger partial charge in [-0.1, -0.05) is 17.3 Å². The van der Waals surface area contributed by atoms with Gasteiger partial charge in [-0.15, -0.1) is 5.10 Å². The van der Waals surface area contributed by atoms with Crippen LogP contribution in [0.2, 0.25) is 0 Å². The lowest BCUT2D eigenvalue weighted by atomic mass is 10.1. The third-order valence-electron chi connectivity index (χ3n) is 5.05. The molecule has 0 saturated carbocycles. The zero-order chi connectivity index (χ0) is 19.7. The second-order valence-electron chi connectivity index (χ2n) is 6.63. The van der Waals surface area contributed by atoms with Crippen LogP contribution in [-0.2, 0) is 6.54 Å². The first-order chi connectivity index (χ1) is 13.6. The Balaban J connectivity index is 1.48. The first kappa shape index (κ1) is 17.9. The van der Waals surface area contributed by atoms with Crippen LogP contribution in [0.4, 0.5) is 11.4 Å². The van der Waals surface area contributed by atoms with E-state index in [1.807, 2.05) is 17.9 Å². The standard InChI is InChI=1S/C19H20N6O3/c1-2-24-16-8-7-14(13-15(16)20-21-24)19(26)23-11-9-22(10-12-23)17-5-3-4-6-18(17)25(27)28/h3-8,13H,2,9-12H2,1H3. The van der Waals surface area contributed by atoms with Gasteiger partial charge in [0.15, 0.2) is 0 Å². The van der Waals surface area contributed by atoms with Gasteiger partial charge in [-0.2, -0.15) is 0 Å². The van der Waals surface area contributed by atoms with Crippen LogP contribution >= 0.6 is 0 Å². The minimum absolute atomic E-state index is 0.0600. The number of benzene rings is 2. The van der Waals surface area contributed by atoms with Gasteiger partial charge >= 0.3 is 0 Å². The molecule has 0 radical (unpaired) electrons. The Labute approximate surface area is 161 Å². The second-order valence-corrected chi connectivity index (χ2v) is 6.63. The maximum atomic E-state index is 12.9. The largest absolute Gasteiger partial charge is 0.362 e. The summed E-state index contributed by atoms with van der Waals surface area (Å²) in [6.07, 6.45) is 0. The number of hydrogen-bond acceptors (Lipinski definition) is 6. The number of nitro groups is 1. The van der Waals surface area contributed by atoms with Crippen molar-refractivity contribution < 1.29 is 9.72 Å². The van der Waals surface area contributed by atoms with E-state index in [9.17, 15) is 14.9 Å². The van der Waals surface area contributed by atoms with Crippen molar-refractivity contribution in [2.75, 3.05) is 31.1 Å². The molecule has 0 bridgehead atoms. The second kappa shape index (κ2) is 7.26. The zero-order valence-corrected chi connectivity index (χ0v) is 15.5. The van der Waals surface area contributed by atoms with Crippen LogP contribution in [0, 0.1) is 10.1 Å². The van der Waals surface area contributed by atoms with Gasteiger partial charge < -0.3 is 9.80 Å². The van der Waals surface area contributed by atoms with Crippen molar-refractivity contribution in [3.05, 3.63) is 58.1 Å². The number of nitro benzene ring substituents is 1. The molecule has 144 valence electrons. The average molecular weight is 380 g/mol. The summed E-state index contributed by atoms with van der Waals surface area (Å²) in [5.41, 5.74) is 2.87. The van der Waals surface area contributed by atoms with Gasteiger partial charge in [0.1, 0.15) is 11.2 Å².